The van der Waals surface area contributed by atoms with Crippen molar-refractivity contribution < 1.29 is 19.8 Å². The number of carboxylic acids is 1. The molecule has 0 aromatic carbocycles. The molecular formula is C14H24N2O4. The Morgan fingerprint density at radius 3 is 2.50 bits per heavy atom. The molecule has 0 aromatic heterocycles. The fourth-order valence-corrected chi connectivity index (χ4v) is 2.16. The minimum Gasteiger partial charge on any atom is -0.480 e. The molecule has 3 N–H and O–H groups in total. The lowest BCUT2D eigenvalue weighted by molar-refractivity contribution is -0.139. The van der Waals surface area contributed by atoms with E-state index < -0.39 is 18.0 Å². The first kappa shape index (κ1) is 16.5. The number of hydrogen-bond donors (Lipinski definition) is 3. The molecule has 0 unspecified atom stereocenters. The number of aliphatic carboxylic acids is 1. The van der Waals surface area contributed by atoms with Gasteiger partial charge >= 0.3 is 12.0 Å². The zero-order valence-electron chi connectivity index (χ0n) is 12.3. The molecule has 1 aliphatic heterocycles. The van der Waals surface area contributed by atoms with E-state index in [0.29, 0.717) is 13.1 Å². The summed E-state index contributed by atoms with van der Waals surface area (Å²) in [6.45, 7) is 7.21. The summed E-state index contributed by atoms with van der Waals surface area (Å²) in [6, 6.07) is -1.43. The highest BCUT2D eigenvalue weighted by Gasteiger charge is 2.26. The quantitative estimate of drug-likeness (QED) is 0.677. The molecule has 0 spiro atoms. The molecule has 0 saturated carbocycles. The van der Waals surface area contributed by atoms with Gasteiger partial charge in [-0.05, 0) is 11.8 Å². The minimum absolute atomic E-state index is 0.0119. The largest absolute Gasteiger partial charge is 0.480 e. The molecule has 0 radical (unpaired) electrons. The molecule has 114 valence electrons. The Morgan fingerprint density at radius 2 is 2.10 bits per heavy atom. The van der Waals surface area contributed by atoms with E-state index in [4.69, 9.17) is 10.2 Å². The van der Waals surface area contributed by atoms with Crippen molar-refractivity contribution >= 4 is 12.0 Å². The number of carbonyl (C=O) groups is 2. The zero-order chi connectivity index (χ0) is 15.3. The third-order valence-corrected chi connectivity index (χ3v) is 3.47. The van der Waals surface area contributed by atoms with E-state index >= 15 is 0 Å². The standard InChI is InChI=1S/C14H24N2O4/c1-14(2,3)10-4-7-16(8-5-10)13(20)15-11(6-9-17)12(18)19/h4,11,17H,5-9H2,1-3H3,(H,15,20)(H,18,19)/t11-/m0/s1. The van der Waals surface area contributed by atoms with Crippen molar-refractivity contribution in [2.45, 2.75) is 39.7 Å². The van der Waals surface area contributed by atoms with Crippen molar-refractivity contribution in [1.29, 1.82) is 0 Å². The van der Waals surface area contributed by atoms with Gasteiger partial charge in [0.25, 0.3) is 0 Å². The molecule has 0 aromatic rings. The van der Waals surface area contributed by atoms with Crippen LogP contribution < -0.4 is 5.32 Å². The Kier molecular flexibility index (Phi) is 5.56. The number of carbonyl (C=O) groups excluding carboxylic acids is 1. The number of carboxylic acid groups (broad SMARTS) is 1. The van der Waals surface area contributed by atoms with Gasteiger partial charge in [-0.2, -0.15) is 0 Å². The van der Waals surface area contributed by atoms with Crippen molar-refractivity contribution in [2.24, 2.45) is 5.41 Å². The summed E-state index contributed by atoms with van der Waals surface area (Å²) in [5.74, 6) is -1.13. The number of urea groups is 1. The number of hydrogen-bond acceptors (Lipinski definition) is 3. The summed E-state index contributed by atoms with van der Waals surface area (Å²) in [4.78, 5) is 24.5. The van der Waals surface area contributed by atoms with Crippen molar-refractivity contribution in [1.82, 2.24) is 10.2 Å². The van der Waals surface area contributed by atoms with E-state index in [-0.39, 0.29) is 18.4 Å². The Bertz CT molecular complexity index is 398. The normalized spacial score (nSPS) is 17.4. The topological polar surface area (TPSA) is 89.9 Å². The van der Waals surface area contributed by atoms with Crippen LogP contribution in [0.15, 0.2) is 11.6 Å². The number of nitrogens with zero attached hydrogens (tertiary/aromatic N) is 1. The number of amides is 2. The molecule has 1 rings (SSSR count). The first-order valence-corrected chi connectivity index (χ1v) is 6.84. The molecule has 6 nitrogen and oxygen atoms in total. The third kappa shape index (κ3) is 4.52. The predicted octanol–water partition coefficient (Wildman–Crippen LogP) is 1.21. The van der Waals surface area contributed by atoms with Crippen LogP contribution in [-0.2, 0) is 4.79 Å². The summed E-state index contributed by atoms with van der Waals surface area (Å²) in [7, 11) is 0. The molecule has 1 atom stereocenters. The average molecular weight is 284 g/mol. The van der Waals surface area contributed by atoms with E-state index in [2.05, 4.69) is 26.1 Å². The van der Waals surface area contributed by atoms with Crippen molar-refractivity contribution in [3.63, 3.8) is 0 Å². The van der Waals surface area contributed by atoms with Gasteiger partial charge in [-0.15, -0.1) is 0 Å². The maximum atomic E-state index is 12.0. The highest BCUT2D eigenvalue weighted by molar-refractivity contribution is 5.82. The van der Waals surface area contributed by atoms with Crippen LogP contribution in [0.1, 0.15) is 33.6 Å². The summed E-state index contributed by atoms with van der Waals surface area (Å²) in [6.07, 6.45) is 2.84. The van der Waals surface area contributed by atoms with Crippen LogP contribution in [-0.4, -0.2) is 52.9 Å². The van der Waals surface area contributed by atoms with E-state index in [0.717, 1.165) is 6.42 Å². The summed E-state index contributed by atoms with van der Waals surface area (Å²) >= 11 is 0. The fraction of sp³-hybridized carbons (Fsp3) is 0.714. The summed E-state index contributed by atoms with van der Waals surface area (Å²) < 4.78 is 0. The second kappa shape index (κ2) is 6.74. The first-order valence-electron chi connectivity index (χ1n) is 6.84. The minimum atomic E-state index is -1.13. The van der Waals surface area contributed by atoms with E-state index in [1.807, 2.05) is 6.08 Å². The SMILES string of the molecule is CC(C)(C)C1=CCN(C(=O)N[C@@H](CCO)C(=O)O)CC1. The molecule has 0 fully saturated rings. The highest BCUT2D eigenvalue weighted by Crippen LogP contribution is 2.29. The molecule has 0 bridgehead atoms. The average Bonchev–Trinajstić information content (AvgIpc) is 2.37. The van der Waals surface area contributed by atoms with Crippen molar-refractivity contribution in [2.75, 3.05) is 19.7 Å². The number of nitrogens with one attached hydrogen (secondary N) is 1. The van der Waals surface area contributed by atoms with Crippen molar-refractivity contribution in [3.05, 3.63) is 11.6 Å². The maximum absolute atomic E-state index is 12.0. The molecule has 1 heterocycles. The number of aliphatic hydroxyl groups excluding tert-OH is 1. The lowest BCUT2D eigenvalue weighted by Gasteiger charge is -2.32. The molecule has 6 heteroatoms. The molecule has 20 heavy (non-hydrogen) atoms. The molecule has 2 amide bonds. The van der Waals surface area contributed by atoms with Gasteiger partial charge in [0.05, 0.1) is 0 Å². The van der Waals surface area contributed by atoms with Gasteiger partial charge in [-0.1, -0.05) is 32.4 Å². The molecule has 0 aliphatic carbocycles. The van der Waals surface area contributed by atoms with Crippen molar-refractivity contribution in [3.8, 4) is 0 Å². The van der Waals surface area contributed by atoms with Gasteiger partial charge in [-0.25, -0.2) is 9.59 Å². The third-order valence-electron chi connectivity index (χ3n) is 3.47. The Morgan fingerprint density at radius 1 is 1.45 bits per heavy atom. The monoisotopic (exact) mass is 284 g/mol. The van der Waals surface area contributed by atoms with Gasteiger partial charge in [0.2, 0.25) is 0 Å². The maximum Gasteiger partial charge on any atom is 0.326 e. The van der Waals surface area contributed by atoms with E-state index in [9.17, 15) is 9.59 Å². The zero-order valence-corrected chi connectivity index (χ0v) is 12.3. The van der Waals surface area contributed by atoms with Crippen LogP contribution in [0.4, 0.5) is 4.79 Å². The van der Waals surface area contributed by atoms with Crippen LogP contribution in [0, 0.1) is 5.41 Å². The lowest BCUT2D eigenvalue weighted by atomic mass is 9.83. The second-order valence-corrected chi connectivity index (χ2v) is 6.03. The van der Waals surface area contributed by atoms with E-state index in [1.165, 1.54) is 5.57 Å². The summed E-state index contributed by atoms with van der Waals surface area (Å²) in [5.41, 5.74) is 1.41. The van der Waals surface area contributed by atoms with Gasteiger partial charge < -0.3 is 20.4 Å². The lowest BCUT2D eigenvalue weighted by Crippen LogP contribution is -2.49. The van der Waals surface area contributed by atoms with Gasteiger partial charge in [-0.3, -0.25) is 0 Å². The Hall–Kier alpha value is -1.56. The van der Waals surface area contributed by atoms with Crippen LogP contribution in [0.2, 0.25) is 0 Å². The number of rotatable bonds is 4. The molecule has 1 aliphatic rings. The first-order chi connectivity index (χ1) is 9.25. The van der Waals surface area contributed by atoms with Gasteiger partial charge in [0.15, 0.2) is 0 Å². The van der Waals surface area contributed by atoms with Crippen LogP contribution >= 0.6 is 0 Å². The summed E-state index contributed by atoms with van der Waals surface area (Å²) in [5, 5.41) is 20.2. The van der Waals surface area contributed by atoms with E-state index in [1.54, 1.807) is 4.90 Å². The predicted molar refractivity (Wildman–Crippen MR) is 75.4 cm³/mol. The van der Waals surface area contributed by atoms with Gasteiger partial charge in [0, 0.05) is 26.1 Å². The highest BCUT2D eigenvalue weighted by atomic mass is 16.4. The van der Waals surface area contributed by atoms with Gasteiger partial charge in [0.1, 0.15) is 6.04 Å². The Labute approximate surface area is 119 Å². The van der Waals surface area contributed by atoms with Crippen LogP contribution in [0.25, 0.3) is 0 Å². The Balaban J connectivity index is 2.58. The molecular weight excluding hydrogens is 260 g/mol. The second-order valence-electron chi connectivity index (χ2n) is 6.03. The molecule has 0 saturated heterocycles. The number of aliphatic hydroxyl groups is 1. The van der Waals surface area contributed by atoms with Crippen LogP contribution in [0.3, 0.4) is 0 Å². The smallest absolute Gasteiger partial charge is 0.326 e. The fourth-order valence-electron chi connectivity index (χ4n) is 2.16. The van der Waals surface area contributed by atoms with Crippen LogP contribution in [0.5, 0.6) is 0 Å².